The summed E-state index contributed by atoms with van der Waals surface area (Å²) in [6.45, 7) is 26.1. The van der Waals surface area contributed by atoms with Gasteiger partial charge in [-0.15, -0.1) is 11.3 Å². The number of fused-ring (bicyclic) bond motifs is 9. The van der Waals surface area contributed by atoms with Crippen molar-refractivity contribution in [1.29, 1.82) is 0 Å². The van der Waals surface area contributed by atoms with Crippen LogP contribution in [0.15, 0.2) is 115 Å². The number of anilines is 6. The van der Waals surface area contributed by atoms with Crippen LogP contribution in [0.3, 0.4) is 0 Å². The molecule has 0 spiro atoms. The lowest BCUT2D eigenvalue weighted by molar-refractivity contribution is -0.00514. The summed E-state index contributed by atoms with van der Waals surface area (Å²) in [5, 5.41) is 1.38. The first-order valence-electron chi connectivity index (χ1n) is 25.6. The van der Waals surface area contributed by atoms with Gasteiger partial charge < -0.3 is 9.80 Å². The van der Waals surface area contributed by atoms with Gasteiger partial charge in [-0.2, -0.15) is 0 Å². The molecular formula is C63H67BN2S. The molecule has 4 saturated carbocycles. The highest BCUT2D eigenvalue weighted by Crippen LogP contribution is 2.62. The Kier molecular flexibility index (Phi) is 8.67. The molecule has 0 atom stereocenters. The Morgan fingerprint density at radius 2 is 1.07 bits per heavy atom. The molecule has 7 aromatic rings. The fourth-order valence-corrected chi connectivity index (χ4v) is 16.0. The molecule has 4 heteroatoms. The number of nitrogens with zero attached hydrogens (tertiary/aromatic N) is 2. The highest BCUT2D eigenvalue weighted by atomic mass is 32.1. The first-order valence-corrected chi connectivity index (χ1v) is 26.4. The van der Waals surface area contributed by atoms with Crippen LogP contribution in [0.1, 0.15) is 148 Å². The summed E-state index contributed by atoms with van der Waals surface area (Å²) in [6, 6.07) is 46.8. The zero-order chi connectivity index (χ0) is 46.3. The Balaban J connectivity index is 1.15. The van der Waals surface area contributed by atoms with Gasteiger partial charge in [-0.25, -0.2) is 0 Å². The molecule has 67 heavy (non-hydrogen) atoms. The van der Waals surface area contributed by atoms with Crippen LogP contribution in [0.5, 0.6) is 0 Å². The first kappa shape index (κ1) is 42.1. The van der Waals surface area contributed by atoms with Crippen LogP contribution in [0.2, 0.25) is 0 Å². The van der Waals surface area contributed by atoms with Crippen LogP contribution in [0, 0.1) is 17.8 Å². The average Bonchev–Trinajstić information content (AvgIpc) is 3.75. The Hall–Kier alpha value is -5.06. The topological polar surface area (TPSA) is 6.48 Å². The van der Waals surface area contributed by atoms with E-state index in [0.717, 1.165) is 17.8 Å². The number of hydrogen-bond donors (Lipinski definition) is 0. The number of benzene rings is 6. The van der Waals surface area contributed by atoms with E-state index in [-0.39, 0.29) is 33.8 Å². The fourth-order valence-electron chi connectivity index (χ4n) is 14.7. The van der Waals surface area contributed by atoms with E-state index in [9.17, 15) is 0 Å². The van der Waals surface area contributed by atoms with Crippen LogP contribution in [-0.4, -0.2) is 6.71 Å². The van der Waals surface area contributed by atoms with Gasteiger partial charge in [0, 0.05) is 48.7 Å². The molecule has 7 aliphatic rings. The van der Waals surface area contributed by atoms with Gasteiger partial charge in [-0.05, 0) is 188 Å². The van der Waals surface area contributed by atoms with Crippen molar-refractivity contribution in [3.8, 4) is 11.1 Å². The minimum atomic E-state index is -0.0714. The third kappa shape index (κ3) is 6.12. The quantitative estimate of drug-likeness (QED) is 0.163. The molecule has 0 radical (unpaired) electrons. The number of hydrogen-bond acceptors (Lipinski definition) is 3. The maximum atomic E-state index is 2.76. The summed E-state index contributed by atoms with van der Waals surface area (Å²) in [7, 11) is 0. The maximum Gasteiger partial charge on any atom is 0.264 e. The van der Waals surface area contributed by atoms with Gasteiger partial charge in [0.25, 0.3) is 6.71 Å². The molecule has 0 saturated heterocycles. The third-order valence-corrected chi connectivity index (χ3v) is 19.1. The molecule has 4 bridgehead atoms. The second-order valence-corrected chi connectivity index (χ2v) is 26.8. The van der Waals surface area contributed by atoms with Crippen LogP contribution in [-0.2, 0) is 27.1 Å². The molecule has 4 fully saturated rings. The van der Waals surface area contributed by atoms with E-state index in [1.165, 1.54) is 137 Å². The Bertz CT molecular complexity index is 3160. The van der Waals surface area contributed by atoms with Crippen molar-refractivity contribution in [2.75, 3.05) is 9.80 Å². The zero-order valence-electron chi connectivity index (χ0n) is 41.8. The average molecular weight is 895 g/mol. The van der Waals surface area contributed by atoms with Gasteiger partial charge in [-0.1, -0.05) is 137 Å². The Morgan fingerprint density at radius 1 is 0.537 bits per heavy atom. The van der Waals surface area contributed by atoms with E-state index in [0.29, 0.717) is 0 Å². The van der Waals surface area contributed by atoms with Crippen LogP contribution in [0.25, 0.3) is 21.2 Å². The van der Waals surface area contributed by atoms with Gasteiger partial charge in [-0.3, -0.25) is 0 Å². The van der Waals surface area contributed by atoms with Gasteiger partial charge in [0.2, 0.25) is 0 Å². The van der Waals surface area contributed by atoms with Gasteiger partial charge in [0.05, 0.1) is 5.69 Å². The molecule has 338 valence electrons. The molecule has 0 amide bonds. The van der Waals surface area contributed by atoms with E-state index < -0.39 is 0 Å². The first-order chi connectivity index (χ1) is 31.8. The molecule has 0 N–H and O–H groups in total. The van der Waals surface area contributed by atoms with Crippen molar-refractivity contribution >= 4 is 78.0 Å². The fraction of sp³-hybridized carbons (Fsp3) is 0.397. The summed E-state index contributed by atoms with van der Waals surface area (Å²) in [5.41, 5.74) is 22.5. The van der Waals surface area contributed by atoms with Crippen molar-refractivity contribution in [2.45, 2.75) is 142 Å². The molecular weight excluding hydrogens is 828 g/mol. The van der Waals surface area contributed by atoms with E-state index in [4.69, 9.17) is 0 Å². The van der Waals surface area contributed by atoms with E-state index in [1.54, 1.807) is 5.56 Å². The Morgan fingerprint density at radius 3 is 1.66 bits per heavy atom. The van der Waals surface area contributed by atoms with Crippen molar-refractivity contribution in [3.63, 3.8) is 0 Å². The number of rotatable bonds is 3. The van der Waals surface area contributed by atoms with Crippen LogP contribution in [0.4, 0.5) is 34.1 Å². The molecule has 14 rings (SSSR count). The minimum absolute atomic E-state index is 0.00202. The van der Waals surface area contributed by atoms with E-state index >= 15 is 0 Å². The number of thiophene rings is 1. The lowest BCUT2D eigenvalue weighted by atomic mass is 9.35. The standard InChI is InChI=1S/C63H67BN2S/c1-59(2,3)40-16-21-44(22-17-40)65-52-25-20-42(61(7,8)9)29-51(52)64-56-53(65)30-43(63-34-37-26-38(35-63)28-39(27-37)36-63)31-54(56)66(45-23-18-41(19-24-45)60(4,5)6)57-48-32-47-46-14-12-13-15-49(46)62(10,11)50(47)33-55(48)67-58(57)64/h12-25,29-33,37-39H,26-28,34-36H2,1-11H3. The van der Waals surface area contributed by atoms with Crippen LogP contribution < -0.4 is 25.5 Å². The Labute approximate surface area is 404 Å². The highest BCUT2D eigenvalue weighted by molar-refractivity contribution is 7.33. The molecule has 2 nitrogen and oxygen atoms in total. The van der Waals surface area contributed by atoms with Gasteiger partial charge in [0.15, 0.2) is 0 Å². The van der Waals surface area contributed by atoms with Gasteiger partial charge in [0.1, 0.15) is 0 Å². The monoisotopic (exact) mass is 895 g/mol. The maximum absolute atomic E-state index is 2.76. The normalized spacial score (nSPS) is 23.0. The molecule has 5 aliphatic carbocycles. The summed E-state index contributed by atoms with van der Waals surface area (Å²) < 4.78 is 2.86. The molecule has 2 aliphatic heterocycles. The summed E-state index contributed by atoms with van der Waals surface area (Å²) in [6.07, 6.45) is 8.32. The SMILES string of the molecule is CC(C)(C)c1ccc(N2c3ccc(C(C)(C)C)cc3B3c4sc5cc6c(cc5c4N(c4ccc(C(C)(C)C)cc4)c4cc(C57CC8CC(CC(C8)C5)C7)cc2c43)-c2ccccc2C6(C)C)cc1. The van der Waals surface area contributed by atoms with Crippen molar-refractivity contribution in [1.82, 2.24) is 0 Å². The molecule has 1 aromatic heterocycles. The molecule has 3 heterocycles. The zero-order valence-corrected chi connectivity index (χ0v) is 42.6. The molecule has 0 unspecified atom stereocenters. The van der Waals surface area contributed by atoms with E-state index in [2.05, 4.69) is 213 Å². The summed E-state index contributed by atoms with van der Waals surface area (Å²) >= 11 is 2.06. The molecule has 6 aromatic carbocycles. The smallest absolute Gasteiger partial charge is 0.264 e. The van der Waals surface area contributed by atoms with E-state index in [1.807, 2.05) is 0 Å². The summed E-state index contributed by atoms with van der Waals surface area (Å²) in [5.74, 6) is 2.56. The second kappa shape index (κ2) is 13.8. The third-order valence-electron chi connectivity index (χ3n) is 17.9. The minimum Gasteiger partial charge on any atom is -0.311 e. The predicted molar refractivity (Wildman–Crippen MR) is 289 cm³/mol. The van der Waals surface area contributed by atoms with Gasteiger partial charge >= 0.3 is 0 Å². The predicted octanol–water partition coefficient (Wildman–Crippen LogP) is 15.7. The lowest BCUT2D eigenvalue weighted by Crippen LogP contribution is -2.61. The largest absolute Gasteiger partial charge is 0.311 e. The highest BCUT2D eigenvalue weighted by Gasteiger charge is 2.54. The lowest BCUT2D eigenvalue weighted by Gasteiger charge is -2.57. The van der Waals surface area contributed by atoms with Crippen molar-refractivity contribution in [2.24, 2.45) is 17.8 Å². The van der Waals surface area contributed by atoms with Crippen molar-refractivity contribution in [3.05, 3.63) is 149 Å². The van der Waals surface area contributed by atoms with Crippen molar-refractivity contribution < 1.29 is 0 Å². The van der Waals surface area contributed by atoms with Crippen LogP contribution >= 0.6 is 11.3 Å². The second-order valence-electron chi connectivity index (χ2n) is 25.7. The summed E-state index contributed by atoms with van der Waals surface area (Å²) in [4.78, 5) is 5.46.